The highest BCUT2D eigenvalue weighted by Gasteiger charge is 2.36. The van der Waals surface area contributed by atoms with Crippen LogP contribution in [0.25, 0.3) is 0 Å². The van der Waals surface area contributed by atoms with E-state index in [0.29, 0.717) is 11.8 Å². The van der Waals surface area contributed by atoms with Crippen LogP contribution in [0.5, 0.6) is 0 Å². The number of carboxylic acids is 1. The van der Waals surface area contributed by atoms with Gasteiger partial charge in [0.15, 0.2) is 0 Å². The van der Waals surface area contributed by atoms with Crippen LogP contribution in [0.4, 0.5) is 0 Å². The van der Waals surface area contributed by atoms with Gasteiger partial charge in [0.25, 0.3) is 0 Å². The summed E-state index contributed by atoms with van der Waals surface area (Å²) in [7, 11) is 0. The molecule has 3 N–H and O–H groups in total. The van der Waals surface area contributed by atoms with E-state index in [4.69, 9.17) is 5.11 Å². The fourth-order valence-electron chi connectivity index (χ4n) is 2.94. The summed E-state index contributed by atoms with van der Waals surface area (Å²) < 4.78 is 0. The van der Waals surface area contributed by atoms with Crippen molar-refractivity contribution in [1.29, 1.82) is 0 Å². The fourth-order valence-corrected chi connectivity index (χ4v) is 2.94. The van der Waals surface area contributed by atoms with Crippen molar-refractivity contribution < 1.29 is 9.90 Å². The lowest BCUT2D eigenvalue weighted by molar-refractivity contribution is -0.142. The quantitative estimate of drug-likeness (QED) is 0.621. The second kappa shape index (κ2) is 4.94. The molecule has 3 unspecified atom stereocenters. The van der Waals surface area contributed by atoms with Gasteiger partial charge in [0.2, 0.25) is 0 Å². The van der Waals surface area contributed by atoms with E-state index in [2.05, 4.69) is 10.6 Å². The maximum Gasteiger partial charge on any atom is 0.320 e. The maximum absolute atomic E-state index is 11.1. The maximum atomic E-state index is 11.1. The van der Waals surface area contributed by atoms with Gasteiger partial charge >= 0.3 is 5.97 Å². The Kier molecular flexibility index (Phi) is 3.59. The van der Waals surface area contributed by atoms with E-state index >= 15 is 0 Å². The summed E-state index contributed by atoms with van der Waals surface area (Å²) in [5.74, 6) is 0.196. The van der Waals surface area contributed by atoms with E-state index in [0.717, 1.165) is 32.5 Å². The minimum Gasteiger partial charge on any atom is -0.480 e. The SMILES string of the molecule is O=C(O)C1NCCCC1C1CCCNC1. The van der Waals surface area contributed by atoms with Crippen LogP contribution in [0.15, 0.2) is 0 Å². The standard InChI is InChI=1S/C11H20N2O2/c14-11(15)10-9(4-2-6-13-10)8-3-1-5-12-7-8/h8-10,12-13H,1-7H2,(H,14,15). The Balaban J connectivity index is 1.99. The Morgan fingerprint density at radius 3 is 2.67 bits per heavy atom. The number of nitrogens with one attached hydrogen (secondary N) is 2. The average Bonchev–Trinajstić information content (AvgIpc) is 2.30. The molecule has 4 heteroatoms. The van der Waals surface area contributed by atoms with Crippen molar-refractivity contribution in [2.45, 2.75) is 31.7 Å². The Morgan fingerprint density at radius 2 is 2.00 bits per heavy atom. The topological polar surface area (TPSA) is 61.4 Å². The van der Waals surface area contributed by atoms with Crippen molar-refractivity contribution in [3.8, 4) is 0 Å². The first-order valence-electron chi connectivity index (χ1n) is 5.96. The zero-order valence-corrected chi connectivity index (χ0v) is 9.04. The number of carbonyl (C=O) groups is 1. The van der Waals surface area contributed by atoms with Gasteiger partial charge in [-0.25, -0.2) is 0 Å². The molecule has 4 nitrogen and oxygen atoms in total. The molecule has 0 aromatic heterocycles. The summed E-state index contributed by atoms with van der Waals surface area (Å²) in [4.78, 5) is 11.1. The second-order valence-electron chi connectivity index (χ2n) is 4.68. The van der Waals surface area contributed by atoms with Crippen molar-refractivity contribution in [2.75, 3.05) is 19.6 Å². The summed E-state index contributed by atoms with van der Waals surface area (Å²) in [5, 5.41) is 15.7. The van der Waals surface area contributed by atoms with Gasteiger partial charge in [0.05, 0.1) is 0 Å². The van der Waals surface area contributed by atoms with Crippen LogP contribution in [0.2, 0.25) is 0 Å². The Hall–Kier alpha value is -0.610. The van der Waals surface area contributed by atoms with Gasteiger partial charge in [-0.1, -0.05) is 0 Å². The zero-order chi connectivity index (χ0) is 10.7. The van der Waals surface area contributed by atoms with Gasteiger partial charge in [-0.15, -0.1) is 0 Å². The molecule has 2 heterocycles. The molecule has 3 atom stereocenters. The van der Waals surface area contributed by atoms with E-state index in [1.807, 2.05) is 0 Å². The summed E-state index contributed by atoms with van der Waals surface area (Å²) in [6.07, 6.45) is 4.55. The first kappa shape index (κ1) is 10.9. The zero-order valence-electron chi connectivity index (χ0n) is 9.04. The monoisotopic (exact) mass is 212 g/mol. The molecular weight excluding hydrogens is 192 g/mol. The van der Waals surface area contributed by atoms with E-state index in [1.54, 1.807) is 0 Å². The summed E-state index contributed by atoms with van der Waals surface area (Å²) in [6.45, 7) is 2.94. The number of aliphatic carboxylic acids is 1. The predicted octanol–water partition coefficient (Wildman–Crippen LogP) is 0.439. The Morgan fingerprint density at radius 1 is 1.20 bits per heavy atom. The van der Waals surface area contributed by atoms with Gasteiger partial charge in [0.1, 0.15) is 6.04 Å². The molecule has 0 saturated carbocycles. The van der Waals surface area contributed by atoms with Gasteiger partial charge in [-0.05, 0) is 57.2 Å². The molecule has 0 spiro atoms. The Bertz CT molecular complexity index is 227. The van der Waals surface area contributed by atoms with Crippen molar-refractivity contribution in [3.05, 3.63) is 0 Å². The lowest BCUT2D eigenvalue weighted by Gasteiger charge is -2.37. The van der Waals surface area contributed by atoms with Crippen LogP contribution in [0.3, 0.4) is 0 Å². The summed E-state index contributed by atoms with van der Waals surface area (Å²) in [5.41, 5.74) is 0. The molecule has 0 radical (unpaired) electrons. The lowest BCUT2D eigenvalue weighted by atomic mass is 9.77. The molecule has 2 fully saturated rings. The van der Waals surface area contributed by atoms with E-state index < -0.39 is 5.97 Å². The molecule has 15 heavy (non-hydrogen) atoms. The largest absolute Gasteiger partial charge is 0.480 e. The molecule has 86 valence electrons. The van der Waals surface area contributed by atoms with Crippen LogP contribution in [0, 0.1) is 11.8 Å². The molecule has 2 saturated heterocycles. The van der Waals surface area contributed by atoms with Crippen LogP contribution < -0.4 is 10.6 Å². The fraction of sp³-hybridized carbons (Fsp3) is 0.909. The van der Waals surface area contributed by atoms with Crippen molar-refractivity contribution in [3.63, 3.8) is 0 Å². The Labute approximate surface area is 90.4 Å². The molecule has 0 amide bonds. The molecule has 0 aliphatic carbocycles. The van der Waals surface area contributed by atoms with Gasteiger partial charge in [-0.2, -0.15) is 0 Å². The third kappa shape index (κ3) is 2.49. The molecule has 2 aliphatic rings. The number of piperidine rings is 2. The number of hydrogen-bond acceptors (Lipinski definition) is 3. The van der Waals surface area contributed by atoms with Crippen molar-refractivity contribution >= 4 is 5.97 Å². The highest BCUT2D eigenvalue weighted by molar-refractivity contribution is 5.74. The van der Waals surface area contributed by atoms with E-state index in [9.17, 15) is 4.79 Å². The van der Waals surface area contributed by atoms with Gasteiger partial charge in [-0.3, -0.25) is 4.79 Å². The first-order valence-corrected chi connectivity index (χ1v) is 5.96. The second-order valence-corrected chi connectivity index (χ2v) is 4.68. The van der Waals surface area contributed by atoms with E-state index in [1.165, 1.54) is 12.8 Å². The van der Waals surface area contributed by atoms with Crippen molar-refractivity contribution in [2.24, 2.45) is 11.8 Å². The third-order valence-electron chi connectivity index (χ3n) is 3.71. The number of rotatable bonds is 2. The lowest BCUT2D eigenvalue weighted by Crippen LogP contribution is -2.51. The molecule has 2 rings (SSSR count). The third-order valence-corrected chi connectivity index (χ3v) is 3.71. The normalized spacial score (nSPS) is 37.5. The van der Waals surface area contributed by atoms with Crippen LogP contribution in [0.1, 0.15) is 25.7 Å². The summed E-state index contributed by atoms with van der Waals surface area (Å²) >= 11 is 0. The molecule has 2 aliphatic heterocycles. The minimum atomic E-state index is -0.676. The van der Waals surface area contributed by atoms with Crippen molar-refractivity contribution in [1.82, 2.24) is 10.6 Å². The predicted molar refractivity (Wildman–Crippen MR) is 57.7 cm³/mol. The number of carboxylic acid groups (broad SMARTS) is 1. The first-order chi connectivity index (χ1) is 7.29. The van der Waals surface area contributed by atoms with E-state index in [-0.39, 0.29) is 6.04 Å². The molecule has 0 aromatic carbocycles. The molecule has 0 bridgehead atoms. The smallest absolute Gasteiger partial charge is 0.320 e. The molecular formula is C11H20N2O2. The average molecular weight is 212 g/mol. The van der Waals surface area contributed by atoms with Crippen LogP contribution >= 0.6 is 0 Å². The minimum absolute atomic E-state index is 0.316. The molecule has 0 aromatic rings. The summed E-state index contributed by atoms with van der Waals surface area (Å²) in [6, 6.07) is -0.316. The van der Waals surface area contributed by atoms with Crippen LogP contribution in [-0.4, -0.2) is 36.8 Å². The highest BCUT2D eigenvalue weighted by atomic mass is 16.4. The van der Waals surface area contributed by atoms with Crippen LogP contribution in [-0.2, 0) is 4.79 Å². The van der Waals surface area contributed by atoms with Gasteiger partial charge in [0, 0.05) is 0 Å². The van der Waals surface area contributed by atoms with Gasteiger partial charge < -0.3 is 15.7 Å². The number of hydrogen-bond donors (Lipinski definition) is 3. The highest BCUT2D eigenvalue weighted by Crippen LogP contribution is 2.29.